The van der Waals surface area contributed by atoms with Crippen molar-refractivity contribution in [1.29, 1.82) is 0 Å². The van der Waals surface area contributed by atoms with Gasteiger partial charge in [-0.15, -0.1) is 0 Å². The van der Waals surface area contributed by atoms with Gasteiger partial charge in [-0.2, -0.15) is 0 Å². The average molecular weight is 417 g/mol. The highest BCUT2D eigenvalue weighted by Gasteiger charge is 2.23. The van der Waals surface area contributed by atoms with Crippen molar-refractivity contribution in [3.05, 3.63) is 52.5 Å². The number of hydrogen-bond acceptors (Lipinski definition) is 4. The van der Waals surface area contributed by atoms with Crippen molar-refractivity contribution >= 4 is 23.2 Å². The van der Waals surface area contributed by atoms with Crippen LogP contribution in [0, 0.1) is 6.92 Å². The van der Waals surface area contributed by atoms with Crippen LogP contribution in [0.5, 0.6) is 11.5 Å². The average Bonchev–Trinajstić information content (AvgIpc) is 3.17. The number of anilines is 1. The lowest BCUT2D eigenvalue weighted by Gasteiger charge is -2.20. The fourth-order valence-corrected chi connectivity index (χ4v) is 3.51. The molecule has 1 aliphatic rings. The van der Waals surface area contributed by atoms with Crippen molar-refractivity contribution in [2.24, 2.45) is 0 Å². The van der Waals surface area contributed by atoms with E-state index in [1.54, 1.807) is 12.1 Å². The molecule has 0 radical (unpaired) electrons. The van der Waals surface area contributed by atoms with Gasteiger partial charge in [-0.3, -0.25) is 4.79 Å². The van der Waals surface area contributed by atoms with Crippen LogP contribution in [0.3, 0.4) is 0 Å². The van der Waals surface area contributed by atoms with E-state index in [1.807, 2.05) is 50.2 Å². The molecule has 156 valence electrons. The number of ether oxygens (including phenoxy) is 2. The molecule has 1 aliphatic carbocycles. The minimum Gasteiger partial charge on any atom is -0.491 e. The molecule has 0 bridgehead atoms. The van der Waals surface area contributed by atoms with Gasteiger partial charge in [0.05, 0.1) is 6.10 Å². The van der Waals surface area contributed by atoms with Crippen molar-refractivity contribution in [2.45, 2.75) is 38.7 Å². The lowest BCUT2D eigenvalue weighted by Crippen LogP contribution is -2.22. The van der Waals surface area contributed by atoms with Gasteiger partial charge >= 0.3 is 0 Å². The first kappa shape index (κ1) is 21.5. The predicted molar refractivity (Wildman–Crippen MR) is 118 cm³/mol. The molecule has 0 atom stereocenters. The van der Waals surface area contributed by atoms with Gasteiger partial charge in [0.1, 0.15) is 23.7 Å². The second kappa shape index (κ2) is 9.99. The number of carbonyl (C=O) groups excluding carboxylic acids is 1. The summed E-state index contributed by atoms with van der Waals surface area (Å²) in [5, 5.41) is 3.63. The third-order valence-corrected chi connectivity index (χ3v) is 5.45. The fourth-order valence-electron chi connectivity index (χ4n) is 3.39. The summed E-state index contributed by atoms with van der Waals surface area (Å²) in [5.74, 6) is 0.855. The van der Waals surface area contributed by atoms with Crippen LogP contribution in [0.4, 0.5) is 5.69 Å². The molecule has 5 nitrogen and oxygen atoms in total. The molecule has 1 amide bonds. The fraction of sp³-hybridized carbons (Fsp3) is 0.435. The zero-order chi connectivity index (χ0) is 20.8. The smallest absolute Gasteiger partial charge is 0.263 e. The van der Waals surface area contributed by atoms with Gasteiger partial charge in [-0.25, -0.2) is 0 Å². The van der Waals surface area contributed by atoms with E-state index in [4.69, 9.17) is 21.1 Å². The molecule has 2 aromatic rings. The molecule has 0 aromatic heterocycles. The maximum Gasteiger partial charge on any atom is 0.263 e. The lowest BCUT2D eigenvalue weighted by atomic mass is 10.1. The Bertz CT molecular complexity index is 848. The van der Waals surface area contributed by atoms with E-state index in [0.29, 0.717) is 34.4 Å². The van der Waals surface area contributed by atoms with Crippen molar-refractivity contribution in [3.63, 3.8) is 0 Å². The monoisotopic (exact) mass is 416 g/mol. The largest absolute Gasteiger partial charge is 0.491 e. The lowest BCUT2D eigenvalue weighted by molar-refractivity contribution is 0.101. The summed E-state index contributed by atoms with van der Waals surface area (Å²) in [7, 11) is 3.97. The molecule has 3 rings (SSSR count). The normalized spacial score (nSPS) is 14.2. The molecule has 0 unspecified atom stereocenters. The molecule has 0 saturated heterocycles. The first-order chi connectivity index (χ1) is 13.9. The van der Waals surface area contributed by atoms with Crippen LogP contribution < -0.4 is 14.8 Å². The Kier molecular flexibility index (Phi) is 7.40. The van der Waals surface area contributed by atoms with Crippen molar-refractivity contribution < 1.29 is 14.3 Å². The van der Waals surface area contributed by atoms with Crippen LogP contribution in [-0.4, -0.2) is 44.2 Å². The number of nitrogens with one attached hydrogen (secondary N) is 1. The van der Waals surface area contributed by atoms with Crippen molar-refractivity contribution in [2.75, 3.05) is 32.6 Å². The van der Waals surface area contributed by atoms with Gasteiger partial charge in [0.25, 0.3) is 5.91 Å². The first-order valence-corrected chi connectivity index (χ1v) is 10.5. The third kappa shape index (κ3) is 5.87. The highest BCUT2D eigenvalue weighted by atomic mass is 35.5. The van der Waals surface area contributed by atoms with Crippen LogP contribution in [0.15, 0.2) is 36.4 Å². The maximum atomic E-state index is 13.2. The highest BCUT2D eigenvalue weighted by Crippen LogP contribution is 2.33. The Labute approximate surface area is 177 Å². The Morgan fingerprint density at radius 3 is 2.59 bits per heavy atom. The Balaban J connectivity index is 1.86. The Hall–Kier alpha value is -2.24. The van der Waals surface area contributed by atoms with Gasteiger partial charge in [-0.1, -0.05) is 17.7 Å². The number of benzene rings is 2. The molecule has 1 fully saturated rings. The second-order valence-corrected chi connectivity index (χ2v) is 8.13. The number of hydrogen-bond donors (Lipinski definition) is 1. The van der Waals surface area contributed by atoms with E-state index in [-0.39, 0.29) is 12.0 Å². The summed E-state index contributed by atoms with van der Waals surface area (Å²) in [6.07, 6.45) is 4.51. The predicted octanol–water partition coefficient (Wildman–Crippen LogP) is 5.16. The van der Waals surface area contributed by atoms with E-state index in [2.05, 4.69) is 5.32 Å². The van der Waals surface area contributed by atoms with E-state index in [1.165, 1.54) is 0 Å². The molecule has 1 saturated carbocycles. The number of rotatable bonds is 8. The number of likely N-dealkylation sites (N-methyl/N-ethyl adjacent to an activating group) is 1. The van der Waals surface area contributed by atoms with Crippen LogP contribution >= 0.6 is 11.6 Å². The van der Waals surface area contributed by atoms with Crippen LogP contribution in [-0.2, 0) is 0 Å². The SMILES string of the molecule is Cc1cc(NC(=O)c2c(OCCN(C)C)cccc2OC2CCCC2)ccc1Cl. The van der Waals surface area contributed by atoms with Gasteiger partial charge in [0.15, 0.2) is 0 Å². The molecule has 0 aliphatic heterocycles. The zero-order valence-electron chi connectivity index (χ0n) is 17.3. The number of aryl methyl sites for hydroxylation is 1. The molecular formula is C23H29ClN2O3. The molecule has 6 heteroatoms. The summed E-state index contributed by atoms with van der Waals surface area (Å²) in [6, 6.07) is 11.0. The second-order valence-electron chi connectivity index (χ2n) is 7.72. The van der Waals surface area contributed by atoms with Gasteiger partial charge in [-0.05, 0) is 82.6 Å². The summed E-state index contributed by atoms with van der Waals surface area (Å²) in [6.45, 7) is 3.15. The van der Waals surface area contributed by atoms with E-state index in [0.717, 1.165) is 37.8 Å². The minimum absolute atomic E-state index is 0.149. The number of carbonyl (C=O) groups is 1. The zero-order valence-corrected chi connectivity index (χ0v) is 18.1. The molecule has 1 N–H and O–H groups in total. The standard InChI is InChI=1S/C23H29ClN2O3/c1-16-15-17(11-12-19(16)24)25-23(27)22-20(28-14-13-26(2)3)9-6-10-21(22)29-18-7-4-5-8-18/h6,9-12,15,18H,4-5,7-8,13-14H2,1-3H3,(H,25,27). The van der Waals surface area contributed by atoms with Gasteiger partial charge < -0.3 is 19.7 Å². The Morgan fingerprint density at radius 2 is 1.90 bits per heavy atom. The van der Waals surface area contributed by atoms with Gasteiger partial charge in [0, 0.05) is 17.3 Å². The van der Waals surface area contributed by atoms with Crippen LogP contribution in [0.2, 0.25) is 5.02 Å². The van der Waals surface area contributed by atoms with Crippen molar-refractivity contribution in [1.82, 2.24) is 4.90 Å². The highest BCUT2D eigenvalue weighted by molar-refractivity contribution is 6.31. The minimum atomic E-state index is -0.250. The van der Waals surface area contributed by atoms with E-state index in [9.17, 15) is 4.79 Å². The first-order valence-electron chi connectivity index (χ1n) is 10.1. The summed E-state index contributed by atoms with van der Waals surface area (Å²) in [4.78, 5) is 15.2. The number of halogens is 1. The topological polar surface area (TPSA) is 50.8 Å². The van der Waals surface area contributed by atoms with E-state index < -0.39 is 0 Å². The molecule has 0 heterocycles. The summed E-state index contributed by atoms with van der Waals surface area (Å²) < 4.78 is 12.2. The maximum absolute atomic E-state index is 13.2. The molecule has 2 aromatic carbocycles. The molecule has 0 spiro atoms. The van der Waals surface area contributed by atoms with Crippen LogP contribution in [0.25, 0.3) is 0 Å². The van der Waals surface area contributed by atoms with Crippen molar-refractivity contribution in [3.8, 4) is 11.5 Å². The number of amides is 1. The molecular weight excluding hydrogens is 388 g/mol. The van der Waals surface area contributed by atoms with Gasteiger partial charge in [0.2, 0.25) is 0 Å². The van der Waals surface area contributed by atoms with E-state index >= 15 is 0 Å². The quantitative estimate of drug-likeness (QED) is 0.645. The third-order valence-electron chi connectivity index (χ3n) is 5.02. The molecule has 29 heavy (non-hydrogen) atoms. The Morgan fingerprint density at radius 1 is 1.17 bits per heavy atom. The summed E-state index contributed by atoms with van der Waals surface area (Å²) in [5.41, 5.74) is 2.03. The number of nitrogens with zero attached hydrogens (tertiary/aromatic N) is 1. The summed E-state index contributed by atoms with van der Waals surface area (Å²) >= 11 is 6.11. The van der Waals surface area contributed by atoms with Crippen LogP contribution in [0.1, 0.15) is 41.6 Å².